The molecule has 0 spiro atoms. The molecule has 22 heavy (non-hydrogen) atoms. The molecule has 0 aliphatic rings. The van der Waals surface area contributed by atoms with Crippen LogP contribution >= 0.6 is 11.8 Å². The number of rotatable bonds is 3. The van der Waals surface area contributed by atoms with E-state index in [4.69, 9.17) is 0 Å². The fraction of sp³-hybridized carbons (Fsp3) is 0.0588. The Morgan fingerprint density at radius 2 is 1.91 bits per heavy atom. The Morgan fingerprint density at radius 3 is 2.68 bits per heavy atom. The fourth-order valence-corrected chi connectivity index (χ4v) is 3.38. The minimum atomic E-state index is -0.982. The molecule has 0 fully saturated rings. The maximum absolute atomic E-state index is 13.5. The summed E-state index contributed by atoms with van der Waals surface area (Å²) in [6.07, 6.45) is 0. The Kier molecular flexibility index (Phi) is 3.81. The summed E-state index contributed by atoms with van der Waals surface area (Å²) in [6, 6.07) is 13.0. The van der Waals surface area contributed by atoms with Crippen molar-refractivity contribution in [2.75, 3.05) is 0 Å². The monoisotopic (exact) mass is 313 g/mol. The number of fused-ring (bicyclic) bond motifs is 1. The van der Waals surface area contributed by atoms with Crippen molar-refractivity contribution in [3.63, 3.8) is 0 Å². The highest BCUT2D eigenvalue weighted by atomic mass is 32.2. The van der Waals surface area contributed by atoms with E-state index in [0.717, 1.165) is 10.6 Å². The van der Waals surface area contributed by atoms with Gasteiger partial charge in [0, 0.05) is 20.9 Å². The second-order valence-electron chi connectivity index (χ2n) is 4.83. The third-order valence-electron chi connectivity index (χ3n) is 3.20. The van der Waals surface area contributed by atoms with Gasteiger partial charge in [0.25, 0.3) is 0 Å². The van der Waals surface area contributed by atoms with Crippen molar-refractivity contribution in [1.29, 1.82) is 0 Å². The first-order valence-corrected chi connectivity index (χ1v) is 7.43. The molecule has 0 unspecified atom stereocenters. The van der Waals surface area contributed by atoms with Gasteiger partial charge >= 0.3 is 5.97 Å². The van der Waals surface area contributed by atoms with E-state index < -0.39 is 5.97 Å². The lowest BCUT2D eigenvalue weighted by Gasteiger charge is -2.09. The SMILES string of the molecule is Cc1cc(Sc2ccccc2C(=O)O)c2cc(F)ccc2n1. The van der Waals surface area contributed by atoms with Gasteiger partial charge in [0.15, 0.2) is 0 Å². The van der Waals surface area contributed by atoms with E-state index in [0.29, 0.717) is 15.8 Å². The first-order valence-electron chi connectivity index (χ1n) is 6.61. The van der Waals surface area contributed by atoms with Crippen LogP contribution in [0.1, 0.15) is 16.1 Å². The molecule has 5 heteroatoms. The van der Waals surface area contributed by atoms with E-state index in [2.05, 4.69) is 4.98 Å². The number of carbonyl (C=O) groups is 1. The minimum absolute atomic E-state index is 0.228. The van der Waals surface area contributed by atoms with Crippen LogP contribution in [0.25, 0.3) is 10.9 Å². The molecule has 110 valence electrons. The Bertz CT molecular complexity index is 880. The van der Waals surface area contributed by atoms with Crippen molar-refractivity contribution >= 4 is 28.6 Å². The number of hydrogen-bond acceptors (Lipinski definition) is 3. The van der Waals surface area contributed by atoms with Gasteiger partial charge in [-0.25, -0.2) is 9.18 Å². The van der Waals surface area contributed by atoms with E-state index >= 15 is 0 Å². The molecule has 3 rings (SSSR count). The fourth-order valence-electron chi connectivity index (χ4n) is 2.23. The number of pyridine rings is 1. The van der Waals surface area contributed by atoms with E-state index in [1.165, 1.54) is 23.9 Å². The molecule has 0 atom stereocenters. The molecular formula is C17H12FNO2S. The standard InChI is InChI=1S/C17H12FNO2S/c1-10-8-16(13-9-11(18)6-7-14(13)19-10)22-15-5-3-2-4-12(15)17(20)21/h2-9H,1H3,(H,20,21). The smallest absolute Gasteiger partial charge is 0.336 e. The molecule has 1 heterocycles. The van der Waals surface area contributed by atoms with E-state index in [-0.39, 0.29) is 11.4 Å². The number of aromatic carboxylic acids is 1. The van der Waals surface area contributed by atoms with Gasteiger partial charge in [-0.05, 0) is 43.3 Å². The van der Waals surface area contributed by atoms with Crippen LogP contribution in [0.2, 0.25) is 0 Å². The average molecular weight is 313 g/mol. The first-order chi connectivity index (χ1) is 10.5. The molecule has 0 aliphatic carbocycles. The summed E-state index contributed by atoms with van der Waals surface area (Å²) in [6.45, 7) is 1.86. The predicted octanol–water partition coefficient (Wildman–Crippen LogP) is 4.53. The Morgan fingerprint density at radius 1 is 1.14 bits per heavy atom. The molecule has 0 saturated heterocycles. The number of aromatic nitrogens is 1. The zero-order valence-corrected chi connectivity index (χ0v) is 12.5. The summed E-state index contributed by atoms with van der Waals surface area (Å²) in [5.41, 5.74) is 1.72. The number of halogens is 1. The molecule has 1 aromatic heterocycles. The van der Waals surface area contributed by atoms with Gasteiger partial charge in [-0.3, -0.25) is 4.98 Å². The van der Waals surface area contributed by atoms with Crippen LogP contribution in [-0.4, -0.2) is 16.1 Å². The maximum atomic E-state index is 13.5. The van der Waals surface area contributed by atoms with Crippen LogP contribution in [0, 0.1) is 12.7 Å². The van der Waals surface area contributed by atoms with Crippen molar-refractivity contribution in [1.82, 2.24) is 4.98 Å². The van der Waals surface area contributed by atoms with Crippen LogP contribution < -0.4 is 0 Å². The molecule has 1 N–H and O–H groups in total. The van der Waals surface area contributed by atoms with Gasteiger partial charge in [-0.1, -0.05) is 23.9 Å². The minimum Gasteiger partial charge on any atom is -0.478 e. The van der Waals surface area contributed by atoms with Crippen LogP contribution in [0.15, 0.2) is 58.3 Å². The van der Waals surface area contributed by atoms with Crippen molar-refractivity contribution in [2.24, 2.45) is 0 Å². The zero-order chi connectivity index (χ0) is 15.7. The summed E-state index contributed by atoms with van der Waals surface area (Å²) in [4.78, 5) is 17.1. The predicted molar refractivity (Wildman–Crippen MR) is 84.0 cm³/mol. The Labute approximate surface area is 130 Å². The molecule has 0 bridgehead atoms. The van der Waals surface area contributed by atoms with Crippen molar-refractivity contribution in [2.45, 2.75) is 16.7 Å². The number of aryl methyl sites for hydroxylation is 1. The molecule has 2 aromatic carbocycles. The second kappa shape index (κ2) is 5.77. The zero-order valence-electron chi connectivity index (χ0n) is 11.7. The van der Waals surface area contributed by atoms with Crippen molar-refractivity contribution in [3.8, 4) is 0 Å². The van der Waals surface area contributed by atoms with E-state index in [1.54, 1.807) is 30.3 Å². The number of benzene rings is 2. The summed E-state index contributed by atoms with van der Waals surface area (Å²) < 4.78 is 13.5. The van der Waals surface area contributed by atoms with E-state index in [1.807, 2.05) is 13.0 Å². The molecule has 0 saturated carbocycles. The lowest BCUT2D eigenvalue weighted by Crippen LogP contribution is -1.98. The molecule has 3 aromatic rings. The van der Waals surface area contributed by atoms with Crippen molar-refractivity contribution < 1.29 is 14.3 Å². The molecule has 0 radical (unpaired) electrons. The lowest BCUT2D eigenvalue weighted by atomic mass is 10.2. The highest BCUT2D eigenvalue weighted by Crippen LogP contribution is 2.35. The first kappa shape index (κ1) is 14.5. The topological polar surface area (TPSA) is 50.2 Å². The second-order valence-corrected chi connectivity index (χ2v) is 5.91. The van der Waals surface area contributed by atoms with Crippen LogP contribution in [-0.2, 0) is 0 Å². The maximum Gasteiger partial charge on any atom is 0.336 e. The largest absolute Gasteiger partial charge is 0.478 e. The molecule has 3 nitrogen and oxygen atoms in total. The summed E-state index contributed by atoms with van der Waals surface area (Å²) >= 11 is 1.31. The van der Waals surface area contributed by atoms with Crippen LogP contribution in [0.4, 0.5) is 4.39 Å². The third-order valence-corrected chi connectivity index (χ3v) is 4.33. The van der Waals surface area contributed by atoms with Gasteiger partial charge < -0.3 is 5.11 Å². The van der Waals surface area contributed by atoms with Crippen LogP contribution in [0.3, 0.4) is 0 Å². The summed E-state index contributed by atoms with van der Waals surface area (Å²) in [5, 5.41) is 9.95. The number of nitrogens with zero attached hydrogens (tertiary/aromatic N) is 1. The van der Waals surface area contributed by atoms with Crippen LogP contribution in [0.5, 0.6) is 0 Å². The van der Waals surface area contributed by atoms with Crippen molar-refractivity contribution in [3.05, 3.63) is 65.6 Å². The quantitative estimate of drug-likeness (QED) is 0.771. The number of carboxylic acid groups (broad SMARTS) is 1. The summed E-state index contributed by atoms with van der Waals surface area (Å²) in [5.74, 6) is -1.32. The third kappa shape index (κ3) is 2.80. The molecular weight excluding hydrogens is 301 g/mol. The highest BCUT2D eigenvalue weighted by molar-refractivity contribution is 7.99. The van der Waals surface area contributed by atoms with Gasteiger partial charge in [0.05, 0.1) is 11.1 Å². The Hall–Kier alpha value is -2.40. The average Bonchev–Trinajstić information content (AvgIpc) is 2.48. The lowest BCUT2D eigenvalue weighted by molar-refractivity contribution is 0.0693. The summed E-state index contributed by atoms with van der Waals surface area (Å²) in [7, 11) is 0. The Balaban J connectivity index is 2.15. The van der Waals surface area contributed by atoms with Gasteiger partial charge in [-0.15, -0.1) is 0 Å². The van der Waals surface area contributed by atoms with Gasteiger partial charge in [0.1, 0.15) is 5.82 Å². The van der Waals surface area contributed by atoms with Gasteiger partial charge in [0.2, 0.25) is 0 Å². The number of hydrogen-bond donors (Lipinski definition) is 1. The highest BCUT2D eigenvalue weighted by Gasteiger charge is 2.13. The molecule has 0 aliphatic heterocycles. The van der Waals surface area contributed by atoms with E-state index in [9.17, 15) is 14.3 Å². The normalized spacial score (nSPS) is 10.8. The number of carboxylic acids is 1. The van der Waals surface area contributed by atoms with Gasteiger partial charge in [-0.2, -0.15) is 0 Å². The molecule has 0 amide bonds.